The number of halogens is 4. The Bertz CT molecular complexity index is 562. The van der Waals surface area contributed by atoms with Gasteiger partial charge in [0.05, 0.1) is 21.7 Å². The fraction of sp³-hybridized carbons (Fsp3) is 0.500. The summed E-state index contributed by atoms with van der Waals surface area (Å²) in [6.45, 7) is 1.67. The molecule has 1 aromatic rings. The highest BCUT2D eigenvalue weighted by atomic mass is 35.5. The molecule has 1 saturated carbocycles. The number of para-hydroxylation sites is 1. The molecule has 0 heterocycles. The maximum atomic E-state index is 13.0. The van der Waals surface area contributed by atoms with Crippen LogP contribution in [0, 0.1) is 5.41 Å². The van der Waals surface area contributed by atoms with Gasteiger partial charge in [-0.3, -0.25) is 4.79 Å². The Kier molecular flexibility index (Phi) is 4.22. The van der Waals surface area contributed by atoms with Crippen LogP contribution in [0.1, 0.15) is 31.7 Å². The van der Waals surface area contributed by atoms with Crippen LogP contribution in [0.15, 0.2) is 18.2 Å². The van der Waals surface area contributed by atoms with Crippen LogP contribution in [0.5, 0.6) is 0 Å². The van der Waals surface area contributed by atoms with Crippen molar-refractivity contribution in [2.24, 2.45) is 11.1 Å². The predicted molar refractivity (Wildman–Crippen MR) is 75.0 cm³/mol. The smallest absolute Gasteiger partial charge is 0.327 e. The van der Waals surface area contributed by atoms with Gasteiger partial charge in [0, 0.05) is 6.04 Å². The first kappa shape index (κ1) is 16.1. The highest BCUT2D eigenvalue weighted by Gasteiger charge is 2.44. The highest BCUT2D eigenvalue weighted by molar-refractivity contribution is 6.34. The van der Waals surface area contributed by atoms with Crippen molar-refractivity contribution < 1.29 is 18.0 Å². The Hall–Kier alpha value is -1.27. The maximum Gasteiger partial charge on any atom is 0.418 e. The van der Waals surface area contributed by atoms with Crippen molar-refractivity contribution in [1.82, 2.24) is 0 Å². The van der Waals surface area contributed by atoms with Gasteiger partial charge in [0.2, 0.25) is 5.91 Å². The van der Waals surface area contributed by atoms with Gasteiger partial charge in [-0.2, -0.15) is 13.2 Å². The zero-order valence-corrected chi connectivity index (χ0v) is 12.2. The number of carbonyl (C=O) groups excluding carboxylic acids is 1. The monoisotopic (exact) mass is 320 g/mol. The van der Waals surface area contributed by atoms with Crippen molar-refractivity contribution in [3.05, 3.63) is 28.8 Å². The van der Waals surface area contributed by atoms with E-state index >= 15 is 0 Å². The minimum absolute atomic E-state index is 0.145. The van der Waals surface area contributed by atoms with Crippen LogP contribution in [-0.2, 0) is 11.0 Å². The van der Waals surface area contributed by atoms with E-state index in [0.29, 0.717) is 12.8 Å². The van der Waals surface area contributed by atoms with Crippen molar-refractivity contribution in [2.45, 2.75) is 38.4 Å². The number of benzene rings is 1. The summed E-state index contributed by atoms with van der Waals surface area (Å²) in [4.78, 5) is 12.4. The molecular formula is C14H16ClF3N2O. The SMILES string of the molecule is CC1(C(=O)Nc2c(Cl)cccc2C(F)(F)F)CCCC1N. The molecule has 1 aliphatic rings. The summed E-state index contributed by atoms with van der Waals surface area (Å²) in [5.41, 5.74) is 3.68. The number of alkyl halides is 3. The van der Waals surface area contributed by atoms with E-state index in [1.54, 1.807) is 6.92 Å². The van der Waals surface area contributed by atoms with Gasteiger partial charge in [-0.05, 0) is 31.9 Å². The standard InChI is InChI=1S/C14H16ClF3N2O/c1-13(7-3-6-10(13)19)12(21)20-11-8(14(16,17)18)4-2-5-9(11)15/h2,4-5,10H,3,6-7,19H2,1H3,(H,20,21). The third-order valence-electron chi connectivity index (χ3n) is 4.11. The Morgan fingerprint density at radius 3 is 2.67 bits per heavy atom. The summed E-state index contributed by atoms with van der Waals surface area (Å²) in [7, 11) is 0. The molecule has 2 unspecified atom stereocenters. The number of amides is 1. The number of nitrogens with two attached hydrogens (primary N) is 1. The first-order valence-corrected chi connectivity index (χ1v) is 6.97. The van der Waals surface area contributed by atoms with Crippen LogP contribution < -0.4 is 11.1 Å². The number of nitrogens with one attached hydrogen (secondary N) is 1. The molecule has 7 heteroatoms. The van der Waals surface area contributed by atoms with Crippen molar-refractivity contribution in [1.29, 1.82) is 0 Å². The zero-order valence-electron chi connectivity index (χ0n) is 11.4. The van der Waals surface area contributed by atoms with Crippen molar-refractivity contribution >= 4 is 23.2 Å². The second-order valence-electron chi connectivity index (χ2n) is 5.53. The number of hydrogen-bond donors (Lipinski definition) is 2. The fourth-order valence-electron chi connectivity index (χ4n) is 2.62. The lowest BCUT2D eigenvalue weighted by atomic mass is 9.84. The average Bonchev–Trinajstić information content (AvgIpc) is 2.72. The predicted octanol–water partition coefficient (Wildman–Crippen LogP) is 3.81. The number of hydrogen-bond acceptors (Lipinski definition) is 2. The fourth-order valence-corrected chi connectivity index (χ4v) is 2.84. The average molecular weight is 321 g/mol. The molecule has 0 bridgehead atoms. The van der Waals surface area contributed by atoms with E-state index in [9.17, 15) is 18.0 Å². The van der Waals surface area contributed by atoms with Crippen LogP contribution >= 0.6 is 11.6 Å². The Morgan fingerprint density at radius 1 is 1.48 bits per heavy atom. The Morgan fingerprint density at radius 2 is 2.14 bits per heavy atom. The van der Waals surface area contributed by atoms with Gasteiger partial charge in [-0.1, -0.05) is 24.1 Å². The second kappa shape index (κ2) is 5.50. The molecule has 0 radical (unpaired) electrons. The summed E-state index contributed by atoms with van der Waals surface area (Å²) >= 11 is 5.82. The van der Waals surface area contributed by atoms with Crippen molar-refractivity contribution in [2.75, 3.05) is 5.32 Å². The van der Waals surface area contributed by atoms with Gasteiger partial charge in [-0.15, -0.1) is 0 Å². The summed E-state index contributed by atoms with van der Waals surface area (Å²) in [5.74, 6) is -0.522. The van der Waals surface area contributed by atoms with E-state index in [1.807, 2.05) is 0 Å². The van der Waals surface area contributed by atoms with Crippen LogP contribution in [-0.4, -0.2) is 11.9 Å². The van der Waals surface area contributed by atoms with Crippen LogP contribution in [0.4, 0.5) is 18.9 Å². The number of anilines is 1. The molecular weight excluding hydrogens is 305 g/mol. The highest BCUT2D eigenvalue weighted by Crippen LogP contribution is 2.41. The first-order chi connectivity index (χ1) is 9.66. The minimum Gasteiger partial charge on any atom is -0.327 e. The third kappa shape index (κ3) is 3.01. The molecule has 1 amide bonds. The number of rotatable bonds is 2. The molecule has 0 spiro atoms. The molecule has 3 nitrogen and oxygen atoms in total. The molecule has 2 rings (SSSR count). The van der Waals surface area contributed by atoms with Crippen LogP contribution in [0.3, 0.4) is 0 Å². The largest absolute Gasteiger partial charge is 0.418 e. The topological polar surface area (TPSA) is 55.1 Å². The molecule has 0 aliphatic heterocycles. The van der Waals surface area contributed by atoms with E-state index in [2.05, 4.69) is 5.32 Å². The quantitative estimate of drug-likeness (QED) is 0.870. The number of carbonyl (C=O) groups is 1. The van der Waals surface area contributed by atoms with Gasteiger partial charge >= 0.3 is 6.18 Å². The normalized spacial score (nSPS) is 25.9. The minimum atomic E-state index is -4.59. The van der Waals surface area contributed by atoms with Crippen molar-refractivity contribution in [3.63, 3.8) is 0 Å². The van der Waals surface area contributed by atoms with Gasteiger partial charge in [0.1, 0.15) is 0 Å². The van der Waals surface area contributed by atoms with E-state index in [4.69, 9.17) is 17.3 Å². The Balaban J connectivity index is 2.34. The lowest BCUT2D eigenvalue weighted by molar-refractivity contribution is -0.137. The molecule has 1 aromatic carbocycles. The third-order valence-corrected chi connectivity index (χ3v) is 4.42. The van der Waals surface area contributed by atoms with Gasteiger partial charge < -0.3 is 11.1 Å². The van der Waals surface area contributed by atoms with Gasteiger partial charge in [0.25, 0.3) is 0 Å². The molecule has 1 aliphatic carbocycles. The molecule has 2 atom stereocenters. The summed E-state index contributed by atoms with van der Waals surface area (Å²) in [6, 6.07) is 3.03. The lowest BCUT2D eigenvalue weighted by Crippen LogP contribution is -2.44. The van der Waals surface area contributed by atoms with E-state index in [0.717, 1.165) is 12.5 Å². The summed E-state index contributed by atoms with van der Waals surface area (Å²) in [6.07, 6.45) is -2.59. The molecule has 1 fully saturated rings. The molecule has 116 valence electrons. The van der Waals surface area contributed by atoms with E-state index < -0.39 is 28.7 Å². The van der Waals surface area contributed by atoms with Crippen LogP contribution in [0.2, 0.25) is 5.02 Å². The summed E-state index contributed by atoms with van der Waals surface area (Å²) < 4.78 is 39.0. The van der Waals surface area contributed by atoms with Crippen LogP contribution in [0.25, 0.3) is 0 Å². The second-order valence-corrected chi connectivity index (χ2v) is 5.94. The van der Waals surface area contributed by atoms with E-state index in [-0.39, 0.29) is 11.1 Å². The van der Waals surface area contributed by atoms with Crippen molar-refractivity contribution in [3.8, 4) is 0 Å². The molecule has 3 N–H and O–H groups in total. The zero-order chi connectivity index (χ0) is 15.8. The lowest BCUT2D eigenvalue weighted by Gasteiger charge is -2.28. The van der Waals surface area contributed by atoms with Gasteiger partial charge in [0.15, 0.2) is 0 Å². The maximum absolute atomic E-state index is 13.0. The Labute approximate surface area is 125 Å². The summed E-state index contributed by atoms with van der Waals surface area (Å²) in [5, 5.41) is 2.18. The van der Waals surface area contributed by atoms with Gasteiger partial charge in [-0.25, -0.2) is 0 Å². The van der Waals surface area contributed by atoms with E-state index in [1.165, 1.54) is 12.1 Å². The molecule has 0 aromatic heterocycles. The first-order valence-electron chi connectivity index (χ1n) is 6.59. The molecule has 21 heavy (non-hydrogen) atoms. The molecule has 0 saturated heterocycles.